The third-order valence-corrected chi connectivity index (χ3v) is 6.07. The van der Waals surface area contributed by atoms with Gasteiger partial charge in [0.1, 0.15) is 0 Å². The molecule has 7 nitrogen and oxygen atoms in total. The Labute approximate surface area is 182 Å². The summed E-state index contributed by atoms with van der Waals surface area (Å²) in [5.74, 6) is -0.571. The molecule has 7 heteroatoms. The van der Waals surface area contributed by atoms with E-state index in [1.165, 1.54) is 4.90 Å². The predicted octanol–water partition coefficient (Wildman–Crippen LogP) is 2.71. The number of benzene rings is 2. The Bertz CT molecular complexity index is 900. The highest BCUT2D eigenvalue weighted by Crippen LogP contribution is 2.36. The topological polar surface area (TPSA) is 79.0 Å². The van der Waals surface area contributed by atoms with Crippen LogP contribution in [0.25, 0.3) is 0 Å². The lowest BCUT2D eigenvalue weighted by Gasteiger charge is -2.33. The first-order chi connectivity index (χ1) is 15.1. The molecule has 2 aliphatic rings. The molecule has 0 aliphatic carbocycles. The van der Waals surface area contributed by atoms with Crippen LogP contribution < -0.4 is 5.32 Å². The van der Waals surface area contributed by atoms with Gasteiger partial charge in [0.05, 0.1) is 19.2 Å². The van der Waals surface area contributed by atoms with Crippen LogP contribution in [0.15, 0.2) is 60.7 Å². The van der Waals surface area contributed by atoms with Crippen molar-refractivity contribution in [1.29, 1.82) is 0 Å². The minimum Gasteiger partial charge on any atom is -0.466 e. The maximum absolute atomic E-state index is 13.7. The second-order valence-corrected chi connectivity index (χ2v) is 7.93. The zero-order valence-corrected chi connectivity index (χ0v) is 17.6. The van der Waals surface area contributed by atoms with Gasteiger partial charge in [-0.2, -0.15) is 0 Å². The molecular weight excluding hydrogens is 394 g/mol. The molecule has 2 aromatic rings. The van der Waals surface area contributed by atoms with Gasteiger partial charge >= 0.3 is 12.0 Å². The Kier molecular flexibility index (Phi) is 6.04. The summed E-state index contributed by atoms with van der Waals surface area (Å²) in [6, 6.07) is 18.3. The molecule has 0 unspecified atom stereocenters. The van der Waals surface area contributed by atoms with E-state index in [0.29, 0.717) is 32.5 Å². The first-order valence-corrected chi connectivity index (χ1v) is 10.7. The zero-order chi connectivity index (χ0) is 21.8. The average molecular weight is 421 g/mol. The summed E-state index contributed by atoms with van der Waals surface area (Å²) in [5.41, 5.74) is 0.203. The van der Waals surface area contributed by atoms with Crippen LogP contribution in [-0.4, -0.2) is 54.1 Å². The Morgan fingerprint density at radius 3 is 2.06 bits per heavy atom. The summed E-state index contributed by atoms with van der Waals surface area (Å²) in [4.78, 5) is 42.0. The maximum atomic E-state index is 13.7. The van der Waals surface area contributed by atoms with E-state index in [9.17, 15) is 14.4 Å². The van der Waals surface area contributed by atoms with E-state index < -0.39 is 11.6 Å². The third-order valence-electron chi connectivity index (χ3n) is 6.07. The van der Waals surface area contributed by atoms with Gasteiger partial charge in [-0.05, 0) is 30.9 Å². The SMILES string of the molecule is CCOC(=O)C1CCN(CN2C(=O)NC(c3ccccc3)(c3ccccc3)C2=O)CC1. The summed E-state index contributed by atoms with van der Waals surface area (Å²) in [6.45, 7) is 3.63. The van der Waals surface area contributed by atoms with Crippen molar-refractivity contribution in [3.63, 3.8) is 0 Å². The predicted molar refractivity (Wildman–Crippen MR) is 115 cm³/mol. The number of piperidine rings is 1. The van der Waals surface area contributed by atoms with Crippen molar-refractivity contribution in [2.45, 2.75) is 25.3 Å². The molecule has 162 valence electrons. The largest absolute Gasteiger partial charge is 0.466 e. The lowest BCUT2D eigenvalue weighted by molar-refractivity contribution is -0.150. The number of amides is 3. The molecular formula is C24H27N3O4. The molecule has 0 spiro atoms. The van der Waals surface area contributed by atoms with Crippen LogP contribution >= 0.6 is 0 Å². The maximum Gasteiger partial charge on any atom is 0.326 e. The lowest BCUT2D eigenvalue weighted by Crippen LogP contribution is -2.48. The quantitative estimate of drug-likeness (QED) is 0.573. The molecule has 0 atom stereocenters. The first kappa shape index (κ1) is 21.1. The molecule has 2 aliphatic heterocycles. The number of urea groups is 1. The average Bonchev–Trinajstić information content (AvgIpc) is 3.06. The van der Waals surface area contributed by atoms with Gasteiger partial charge in [-0.3, -0.25) is 14.5 Å². The fraction of sp³-hybridized carbons (Fsp3) is 0.375. The summed E-state index contributed by atoms with van der Waals surface area (Å²) < 4.78 is 5.12. The molecule has 31 heavy (non-hydrogen) atoms. The van der Waals surface area contributed by atoms with Gasteiger partial charge in [-0.1, -0.05) is 60.7 Å². The monoisotopic (exact) mass is 421 g/mol. The molecule has 3 amide bonds. The lowest BCUT2D eigenvalue weighted by atomic mass is 9.83. The van der Waals surface area contributed by atoms with Crippen LogP contribution in [-0.2, 0) is 19.9 Å². The highest BCUT2D eigenvalue weighted by molar-refractivity contribution is 6.09. The molecule has 1 N–H and O–H groups in total. The highest BCUT2D eigenvalue weighted by atomic mass is 16.5. The number of nitrogens with one attached hydrogen (secondary N) is 1. The number of rotatable bonds is 6. The van der Waals surface area contributed by atoms with E-state index in [0.717, 1.165) is 11.1 Å². The molecule has 0 radical (unpaired) electrons. The highest BCUT2D eigenvalue weighted by Gasteiger charge is 2.54. The van der Waals surface area contributed by atoms with Crippen molar-refractivity contribution in [3.8, 4) is 0 Å². The smallest absolute Gasteiger partial charge is 0.326 e. The number of nitrogens with zero attached hydrogens (tertiary/aromatic N) is 2. The van der Waals surface area contributed by atoms with Gasteiger partial charge in [-0.25, -0.2) is 9.69 Å². The van der Waals surface area contributed by atoms with E-state index >= 15 is 0 Å². The van der Waals surface area contributed by atoms with Gasteiger partial charge in [0.2, 0.25) is 0 Å². The van der Waals surface area contributed by atoms with Crippen molar-refractivity contribution in [3.05, 3.63) is 71.8 Å². The minimum absolute atomic E-state index is 0.118. The number of hydrogen-bond acceptors (Lipinski definition) is 5. The van der Waals surface area contributed by atoms with Gasteiger partial charge in [-0.15, -0.1) is 0 Å². The number of ether oxygens (including phenoxy) is 1. The molecule has 0 aromatic heterocycles. The third kappa shape index (κ3) is 3.93. The van der Waals surface area contributed by atoms with Crippen LogP contribution in [0.3, 0.4) is 0 Å². The fourth-order valence-electron chi connectivity index (χ4n) is 4.41. The van der Waals surface area contributed by atoms with Gasteiger partial charge in [0.25, 0.3) is 5.91 Å². The second kappa shape index (κ2) is 8.89. The number of carbonyl (C=O) groups excluding carboxylic acids is 3. The molecule has 2 saturated heterocycles. The number of imide groups is 1. The number of esters is 1. The van der Waals surface area contributed by atoms with E-state index in [4.69, 9.17) is 4.74 Å². The van der Waals surface area contributed by atoms with E-state index in [1.807, 2.05) is 65.6 Å². The normalized spacial score (nSPS) is 19.3. The fourth-order valence-corrected chi connectivity index (χ4v) is 4.41. The van der Waals surface area contributed by atoms with Crippen molar-refractivity contribution in [1.82, 2.24) is 15.1 Å². The second-order valence-electron chi connectivity index (χ2n) is 7.93. The van der Waals surface area contributed by atoms with Gasteiger partial charge in [0, 0.05) is 13.1 Å². The number of carbonyl (C=O) groups is 3. The molecule has 0 bridgehead atoms. The minimum atomic E-state index is -1.25. The standard InChI is InChI=1S/C24H27N3O4/c1-2-31-21(28)18-13-15-26(16-14-18)17-27-22(29)24(25-23(27)30,19-9-5-3-6-10-19)20-11-7-4-8-12-20/h3-12,18H,2,13-17H2,1H3,(H,25,30). The van der Waals surface area contributed by atoms with Crippen molar-refractivity contribution >= 4 is 17.9 Å². The van der Waals surface area contributed by atoms with Crippen molar-refractivity contribution in [2.75, 3.05) is 26.4 Å². The van der Waals surface area contributed by atoms with Crippen molar-refractivity contribution in [2.24, 2.45) is 5.92 Å². The van der Waals surface area contributed by atoms with Crippen LogP contribution in [0.1, 0.15) is 30.9 Å². The Morgan fingerprint density at radius 1 is 1.00 bits per heavy atom. The van der Waals surface area contributed by atoms with E-state index in [2.05, 4.69) is 5.32 Å². The summed E-state index contributed by atoms with van der Waals surface area (Å²) >= 11 is 0. The Hall–Kier alpha value is -3.19. The summed E-state index contributed by atoms with van der Waals surface area (Å²) in [7, 11) is 0. The van der Waals surface area contributed by atoms with Crippen molar-refractivity contribution < 1.29 is 19.1 Å². The zero-order valence-electron chi connectivity index (χ0n) is 17.6. The van der Waals surface area contributed by atoms with E-state index in [1.54, 1.807) is 6.92 Å². The molecule has 4 rings (SSSR count). The van der Waals surface area contributed by atoms with E-state index in [-0.39, 0.29) is 24.5 Å². The molecule has 2 fully saturated rings. The first-order valence-electron chi connectivity index (χ1n) is 10.7. The number of likely N-dealkylation sites (tertiary alicyclic amines) is 1. The van der Waals surface area contributed by atoms with Crippen LogP contribution in [0, 0.1) is 5.92 Å². The molecule has 2 aromatic carbocycles. The van der Waals surface area contributed by atoms with Gasteiger partial charge in [0.15, 0.2) is 5.54 Å². The summed E-state index contributed by atoms with van der Waals surface area (Å²) in [6.07, 6.45) is 1.32. The summed E-state index contributed by atoms with van der Waals surface area (Å²) in [5, 5.41) is 2.97. The Balaban J connectivity index is 1.54. The number of hydrogen-bond donors (Lipinski definition) is 1. The van der Waals surface area contributed by atoms with Crippen LogP contribution in [0.5, 0.6) is 0 Å². The van der Waals surface area contributed by atoms with Crippen LogP contribution in [0.4, 0.5) is 4.79 Å². The molecule has 2 heterocycles. The Morgan fingerprint density at radius 2 is 1.55 bits per heavy atom. The van der Waals surface area contributed by atoms with Gasteiger partial charge < -0.3 is 10.1 Å². The van der Waals surface area contributed by atoms with Crippen LogP contribution in [0.2, 0.25) is 0 Å². The molecule has 0 saturated carbocycles.